The van der Waals surface area contributed by atoms with Crippen molar-refractivity contribution in [1.82, 2.24) is 14.9 Å². The fraction of sp³-hybridized carbons (Fsp3) is 0.318. The Bertz CT molecular complexity index is 1240. The normalized spacial score (nSPS) is 14.8. The molecule has 3 N–H and O–H groups in total. The lowest BCUT2D eigenvalue weighted by Crippen LogP contribution is -2.38. The van der Waals surface area contributed by atoms with Crippen molar-refractivity contribution in [3.63, 3.8) is 0 Å². The van der Waals surface area contributed by atoms with Gasteiger partial charge in [0.05, 0.1) is 16.1 Å². The van der Waals surface area contributed by atoms with Crippen LogP contribution in [0.2, 0.25) is 0 Å². The number of pyridine rings is 2. The molecule has 32 heavy (non-hydrogen) atoms. The molecule has 0 spiro atoms. The minimum atomic E-state index is -3.78. The van der Waals surface area contributed by atoms with Crippen molar-refractivity contribution in [2.24, 2.45) is 11.1 Å². The first-order valence-corrected chi connectivity index (χ1v) is 11.7. The van der Waals surface area contributed by atoms with E-state index < -0.39 is 10.0 Å². The lowest BCUT2D eigenvalue weighted by molar-refractivity contribution is 0.0698. The van der Waals surface area contributed by atoms with E-state index in [-0.39, 0.29) is 23.2 Å². The third-order valence-corrected chi connectivity index (χ3v) is 6.55. The maximum Gasteiger partial charge on any atom is 0.257 e. The zero-order valence-electron chi connectivity index (χ0n) is 17.9. The maximum atomic E-state index is 13.3. The van der Waals surface area contributed by atoms with E-state index in [0.717, 1.165) is 23.9 Å². The summed E-state index contributed by atoms with van der Waals surface area (Å²) in [6.07, 6.45) is 3.52. The van der Waals surface area contributed by atoms with Crippen LogP contribution >= 0.6 is 12.4 Å². The van der Waals surface area contributed by atoms with E-state index in [4.69, 9.17) is 5.14 Å². The fourth-order valence-electron chi connectivity index (χ4n) is 3.72. The molecular formula is C22H26ClN5O3S. The van der Waals surface area contributed by atoms with Gasteiger partial charge in [0.1, 0.15) is 0 Å². The van der Waals surface area contributed by atoms with Crippen LogP contribution in [0, 0.1) is 12.8 Å². The second-order valence-corrected chi connectivity index (χ2v) is 9.60. The number of benzene rings is 1. The smallest absolute Gasteiger partial charge is 0.257 e. The Morgan fingerprint density at radius 2 is 1.78 bits per heavy atom. The monoisotopic (exact) mass is 475 g/mol. The molecule has 3 aromatic rings. The predicted octanol–water partition coefficient (Wildman–Crippen LogP) is 3.62. The molecule has 0 saturated carbocycles. The number of aromatic nitrogens is 2. The van der Waals surface area contributed by atoms with Gasteiger partial charge in [0.15, 0.2) is 5.65 Å². The van der Waals surface area contributed by atoms with Crippen LogP contribution in [-0.2, 0) is 10.0 Å². The number of likely N-dealkylation sites (tertiary alicyclic amines) is 1. The van der Waals surface area contributed by atoms with Crippen LogP contribution < -0.4 is 10.5 Å². The van der Waals surface area contributed by atoms with Crippen LogP contribution in [0.25, 0.3) is 11.0 Å². The minimum absolute atomic E-state index is 0. The van der Waals surface area contributed by atoms with Crippen molar-refractivity contribution in [1.29, 1.82) is 0 Å². The highest BCUT2D eigenvalue weighted by Gasteiger charge is 2.25. The number of aryl methyl sites for hydroxylation is 1. The van der Waals surface area contributed by atoms with E-state index in [0.29, 0.717) is 41.6 Å². The molecular weight excluding hydrogens is 450 g/mol. The van der Waals surface area contributed by atoms with Crippen LogP contribution in [0.1, 0.15) is 35.8 Å². The molecule has 1 aliphatic heterocycles. The molecule has 0 atom stereocenters. The number of nitrogens with zero attached hydrogens (tertiary/aromatic N) is 3. The Balaban J connectivity index is 0.00000289. The maximum absolute atomic E-state index is 13.3. The van der Waals surface area contributed by atoms with E-state index >= 15 is 0 Å². The molecule has 4 rings (SSSR count). The van der Waals surface area contributed by atoms with Crippen molar-refractivity contribution in [3.05, 3.63) is 53.9 Å². The number of hydrogen-bond acceptors (Lipinski definition) is 6. The second kappa shape index (κ2) is 9.40. The summed E-state index contributed by atoms with van der Waals surface area (Å²) in [6.45, 7) is 5.51. The van der Waals surface area contributed by atoms with Crippen LogP contribution in [0.3, 0.4) is 0 Å². The van der Waals surface area contributed by atoms with Gasteiger partial charge in [-0.25, -0.2) is 23.5 Å². The summed E-state index contributed by atoms with van der Waals surface area (Å²) < 4.78 is 23.1. The van der Waals surface area contributed by atoms with Gasteiger partial charge in [-0.1, -0.05) is 6.92 Å². The molecule has 1 saturated heterocycles. The van der Waals surface area contributed by atoms with Gasteiger partial charge in [-0.05, 0) is 62.1 Å². The summed E-state index contributed by atoms with van der Waals surface area (Å²) in [6, 6.07) is 9.85. The summed E-state index contributed by atoms with van der Waals surface area (Å²) in [5.74, 6) is 0.534. The number of rotatable bonds is 4. The fourth-order valence-corrected chi connectivity index (χ4v) is 4.24. The topological polar surface area (TPSA) is 118 Å². The highest BCUT2D eigenvalue weighted by Crippen LogP contribution is 2.31. The Morgan fingerprint density at radius 1 is 1.12 bits per heavy atom. The Labute approximate surface area is 193 Å². The number of piperidine rings is 1. The lowest BCUT2D eigenvalue weighted by atomic mass is 9.98. The number of amides is 1. The van der Waals surface area contributed by atoms with Gasteiger partial charge in [-0.15, -0.1) is 12.4 Å². The number of fused-ring (bicyclic) bond motifs is 1. The number of carbonyl (C=O) groups excluding carboxylic acids is 1. The number of sulfonamides is 1. The highest BCUT2D eigenvalue weighted by atomic mass is 35.5. The largest absolute Gasteiger partial charge is 0.354 e. The third-order valence-electron chi connectivity index (χ3n) is 5.62. The summed E-state index contributed by atoms with van der Waals surface area (Å²) in [7, 11) is -3.78. The van der Waals surface area contributed by atoms with Crippen molar-refractivity contribution >= 4 is 50.7 Å². The van der Waals surface area contributed by atoms with Crippen LogP contribution in [0.5, 0.6) is 0 Å². The molecule has 2 aromatic heterocycles. The predicted molar refractivity (Wildman–Crippen MR) is 127 cm³/mol. The van der Waals surface area contributed by atoms with Crippen molar-refractivity contribution < 1.29 is 13.2 Å². The van der Waals surface area contributed by atoms with Crippen LogP contribution in [0.15, 0.2) is 47.5 Å². The summed E-state index contributed by atoms with van der Waals surface area (Å²) in [5, 5.41) is 9.19. The number of nitrogens with two attached hydrogens (primary N) is 1. The Hall–Kier alpha value is -2.75. The standard InChI is InChI=1S/C22H25N5O3S.ClH/c1-14-9-11-27(12-10-14)22(28)19-13-24-21-18(8-3-15(2)25-21)20(19)26-16-4-6-17(7-5-16)31(23,29)30;/h3-8,13-14H,9-12H2,1-2H3,(H2,23,29,30)(H,24,25,26);1H. The molecule has 10 heteroatoms. The zero-order chi connectivity index (χ0) is 22.2. The average Bonchev–Trinajstić information content (AvgIpc) is 2.73. The number of carbonyl (C=O) groups is 1. The Kier molecular flexibility index (Phi) is 7.02. The summed E-state index contributed by atoms with van der Waals surface area (Å²) in [4.78, 5) is 24.1. The molecule has 1 aliphatic rings. The van der Waals surface area contributed by atoms with Gasteiger partial charge >= 0.3 is 0 Å². The molecule has 0 radical (unpaired) electrons. The molecule has 0 aliphatic carbocycles. The third kappa shape index (κ3) is 5.01. The quantitative estimate of drug-likeness (QED) is 0.594. The molecule has 1 fully saturated rings. The molecule has 0 unspecified atom stereocenters. The van der Waals surface area contributed by atoms with Gasteiger partial charge in [0.25, 0.3) is 5.91 Å². The number of primary sulfonamides is 1. The molecule has 0 bridgehead atoms. The number of halogens is 1. The van der Waals surface area contributed by atoms with Gasteiger partial charge < -0.3 is 10.2 Å². The highest BCUT2D eigenvalue weighted by molar-refractivity contribution is 7.89. The van der Waals surface area contributed by atoms with Crippen molar-refractivity contribution in [2.45, 2.75) is 31.6 Å². The van der Waals surface area contributed by atoms with Crippen LogP contribution in [0.4, 0.5) is 11.4 Å². The first kappa shape index (κ1) is 23.9. The number of anilines is 2. The van der Waals surface area contributed by atoms with E-state index in [1.54, 1.807) is 18.3 Å². The lowest BCUT2D eigenvalue weighted by Gasteiger charge is -2.31. The van der Waals surface area contributed by atoms with Gasteiger partial charge in [-0.3, -0.25) is 4.79 Å². The van der Waals surface area contributed by atoms with Gasteiger partial charge in [0, 0.05) is 36.1 Å². The zero-order valence-corrected chi connectivity index (χ0v) is 19.5. The Morgan fingerprint density at radius 3 is 2.41 bits per heavy atom. The van der Waals surface area contributed by atoms with E-state index in [1.807, 2.05) is 24.0 Å². The van der Waals surface area contributed by atoms with Crippen molar-refractivity contribution in [2.75, 3.05) is 18.4 Å². The molecule has 1 amide bonds. The first-order valence-electron chi connectivity index (χ1n) is 10.2. The number of nitrogens with one attached hydrogen (secondary N) is 1. The van der Waals surface area contributed by atoms with Crippen molar-refractivity contribution in [3.8, 4) is 0 Å². The minimum Gasteiger partial charge on any atom is -0.354 e. The summed E-state index contributed by atoms with van der Waals surface area (Å²) in [5.41, 5.74) is 3.05. The first-order chi connectivity index (χ1) is 14.7. The summed E-state index contributed by atoms with van der Waals surface area (Å²) >= 11 is 0. The number of hydrogen-bond donors (Lipinski definition) is 2. The van der Waals surface area contributed by atoms with Crippen LogP contribution in [-0.4, -0.2) is 42.3 Å². The molecule has 170 valence electrons. The van der Waals surface area contributed by atoms with E-state index in [9.17, 15) is 13.2 Å². The van der Waals surface area contributed by atoms with Gasteiger partial charge in [-0.2, -0.15) is 0 Å². The average molecular weight is 476 g/mol. The molecule has 1 aromatic carbocycles. The SMILES string of the molecule is Cc1ccc2c(Nc3ccc(S(N)(=O)=O)cc3)c(C(=O)N3CCC(C)CC3)cnc2n1.Cl. The van der Waals surface area contributed by atoms with Gasteiger partial charge in [0.2, 0.25) is 10.0 Å². The van der Waals surface area contributed by atoms with E-state index in [1.165, 1.54) is 12.1 Å². The second-order valence-electron chi connectivity index (χ2n) is 8.04. The molecule has 8 nitrogen and oxygen atoms in total. The molecule has 3 heterocycles. The van der Waals surface area contributed by atoms with E-state index in [2.05, 4.69) is 22.2 Å².